The highest BCUT2D eigenvalue weighted by atomic mass is 32.2. The van der Waals surface area contributed by atoms with Crippen LogP contribution in [0.3, 0.4) is 0 Å². The second-order valence-electron chi connectivity index (χ2n) is 7.37. The number of para-hydroxylation sites is 1. The number of anilines is 1. The van der Waals surface area contributed by atoms with E-state index in [1.165, 1.54) is 7.11 Å². The molecule has 34 heavy (non-hydrogen) atoms. The summed E-state index contributed by atoms with van der Waals surface area (Å²) in [5.74, 6) is 0.109. The van der Waals surface area contributed by atoms with Gasteiger partial charge in [-0.3, -0.25) is 19.3 Å². The fourth-order valence-corrected chi connectivity index (χ4v) is 4.12. The largest absolute Gasteiger partial charge is 0.493 e. The minimum atomic E-state index is -0.512. The summed E-state index contributed by atoms with van der Waals surface area (Å²) in [6.07, 6.45) is 1.60. The lowest BCUT2D eigenvalue weighted by Crippen LogP contribution is -2.36. The predicted octanol–water partition coefficient (Wildman–Crippen LogP) is 4.95. The first kappa shape index (κ1) is 23.1. The van der Waals surface area contributed by atoms with Gasteiger partial charge in [0.05, 0.1) is 12.0 Å². The maximum Gasteiger partial charge on any atom is 0.294 e. The van der Waals surface area contributed by atoms with E-state index in [0.717, 1.165) is 22.2 Å². The number of hydrogen-bond donors (Lipinski definition) is 1. The van der Waals surface area contributed by atoms with Crippen LogP contribution in [-0.4, -0.2) is 35.6 Å². The molecule has 0 spiro atoms. The fourth-order valence-electron chi connectivity index (χ4n) is 3.28. The van der Waals surface area contributed by atoms with Crippen molar-refractivity contribution in [2.24, 2.45) is 0 Å². The summed E-state index contributed by atoms with van der Waals surface area (Å²) >= 11 is 0.797. The summed E-state index contributed by atoms with van der Waals surface area (Å²) in [6.45, 7) is 0.0347. The predicted molar refractivity (Wildman–Crippen MR) is 132 cm³/mol. The standard InChI is InChI=1S/C26H22N2O5S/c1-32-22-14-19(12-13-21(22)33-17-18-8-4-2-5-9-18)15-23-25(30)28(26(31)34-23)16-24(29)27-20-10-6-3-7-11-20/h2-15H,16-17H2,1H3,(H,27,29)/b23-15+. The average molecular weight is 475 g/mol. The van der Waals surface area contributed by atoms with Gasteiger partial charge in [0.15, 0.2) is 11.5 Å². The first-order valence-electron chi connectivity index (χ1n) is 10.5. The third kappa shape index (κ3) is 5.65. The fraction of sp³-hybridized carbons (Fsp3) is 0.115. The number of thioether (sulfide) groups is 1. The molecule has 1 fully saturated rings. The Morgan fingerprint density at radius 1 is 0.971 bits per heavy atom. The van der Waals surface area contributed by atoms with E-state index in [1.807, 2.05) is 36.4 Å². The summed E-state index contributed by atoms with van der Waals surface area (Å²) in [5.41, 5.74) is 2.29. The number of ether oxygens (including phenoxy) is 2. The molecule has 172 valence electrons. The molecule has 3 aromatic carbocycles. The molecule has 0 aromatic heterocycles. The summed E-state index contributed by atoms with van der Waals surface area (Å²) in [5, 5.41) is 2.18. The van der Waals surface area contributed by atoms with Gasteiger partial charge in [-0.05, 0) is 53.2 Å². The van der Waals surface area contributed by atoms with Crippen molar-refractivity contribution in [3.63, 3.8) is 0 Å². The Bertz CT molecular complexity index is 1230. The van der Waals surface area contributed by atoms with Crippen molar-refractivity contribution in [2.45, 2.75) is 6.61 Å². The molecule has 0 saturated carbocycles. The van der Waals surface area contributed by atoms with Crippen LogP contribution < -0.4 is 14.8 Å². The Labute approximate surface area is 201 Å². The number of benzene rings is 3. The third-order valence-corrected chi connectivity index (χ3v) is 5.86. The Kier molecular flexibility index (Phi) is 7.29. The molecule has 1 saturated heterocycles. The van der Waals surface area contributed by atoms with Gasteiger partial charge in [0, 0.05) is 5.69 Å². The van der Waals surface area contributed by atoms with Crippen LogP contribution in [0.5, 0.6) is 11.5 Å². The molecular formula is C26H22N2O5S. The van der Waals surface area contributed by atoms with Gasteiger partial charge in [0.25, 0.3) is 11.1 Å². The van der Waals surface area contributed by atoms with Gasteiger partial charge in [0.2, 0.25) is 5.91 Å². The monoisotopic (exact) mass is 474 g/mol. The molecule has 0 bridgehead atoms. The molecular weight excluding hydrogens is 452 g/mol. The molecule has 0 radical (unpaired) electrons. The van der Waals surface area contributed by atoms with Crippen LogP contribution in [0, 0.1) is 0 Å². The zero-order valence-electron chi connectivity index (χ0n) is 18.4. The molecule has 0 atom stereocenters. The van der Waals surface area contributed by atoms with Crippen LogP contribution in [0.2, 0.25) is 0 Å². The molecule has 1 N–H and O–H groups in total. The van der Waals surface area contributed by atoms with Crippen molar-refractivity contribution in [1.82, 2.24) is 4.90 Å². The highest BCUT2D eigenvalue weighted by Gasteiger charge is 2.36. The van der Waals surface area contributed by atoms with Gasteiger partial charge < -0.3 is 14.8 Å². The lowest BCUT2D eigenvalue weighted by atomic mass is 10.1. The van der Waals surface area contributed by atoms with Crippen LogP contribution in [-0.2, 0) is 16.2 Å². The molecule has 0 unspecified atom stereocenters. The van der Waals surface area contributed by atoms with Gasteiger partial charge in [0.1, 0.15) is 13.2 Å². The lowest BCUT2D eigenvalue weighted by Gasteiger charge is -2.12. The van der Waals surface area contributed by atoms with Crippen molar-refractivity contribution >= 4 is 40.6 Å². The smallest absolute Gasteiger partial charge is 0.294 e. The van der Waals surface area contributed by atoms with Crippen molar-refractivity contribution in [1.29, 1.82) is 0 Å². The topological polar surface area (TPSA) is 84.9 Å². The second-order valence-corrected chi connectivity index (χ2v) is 8.36. The van der Waals surface area contributed by atoms with Gasteiger partial charge in [-0.15, -0.1) is 0 Å². The highest BCUT2D eigenvalue weighted by molar-refractivity contribution is 8.18. The van der Waals surface area contributed by atoms with E-state index in [1.54, 1.807) is 48.5 Å². The molecule has 1 aliphatic heterocycles. The first-order valence-corrected chi connectivity index (χ1v) is 11.3. The van der Waals surface area contributed by atoms with E-state index in [-0.39, 0.29) is 11.4 Å². The molecule has 4 rings (SSSR count). The Morgan fingerprint density at radius 3 is 2.38 bits per heavy atom. The van der Waals surface area contributed by atoms with E-state index < -0.39 is 17.1 Å². The van der Waals surface area contributed by atoms with Crippen molar-refractivity contribution in [2.75, 3.05) is 19.0 Å². The van der Waals surface area contributed by atoms with Crippen LogP contribution in [0.25, 0.3) is 6.08 Å². The van der Waals surface area contributed by atoms with Gasteiger partial charge in [-0.25, -0.2) is 0 Å². The number of methoxy groups -OCH3 is 1. The molecule has 1 aliphatic rings. The second kappa shape index (κ2) is 10.7. The third-order valence-electron chi connectivity index (χ3n) is 4.96. The van der Waals surface area contributed by atoms with E-state index in [9.17, 15) is 14.4 Å². The van der Waals surface area contributed by atoms with Gasteiger partial charge in [-0.1, -0.05) is 54.6 Å². The quantitative estimate of drug-likeness (QED) is 0.465. The summed E-state index contributed by atoms with van der Waals surface area (Å²) in [6, 6.07) is 23.9. The minimum absolute atomic E-state index is 0.234. The number of nitrogens with one attached hydrogen (secondary N) is 1. The molecule has 3 amide bonds. The SMILES string of the molecule is COc1cc(/C=C2/SC(=O)N(CC(=O)Nc3ccccc3)C2=O)ccc1OCc1ccccc1. The average Bonchev–Trinajstić information content (AvgIpc) is 3.11. The van der Waals surface area contributed by atoms with Gasteiger partial charge >= 0.3 is 0 Å². The number of rotatable bonds is 8. The number of carbonyl (C=O) groups is 3. The molecule has 0 aliphatic carbocycles. The van der Waals surface area contributed by atoms with Crippen LogP contribution >= 0.6 is 11.8 Å². The Morgan fingerprint density at radius 2 is 1.68 bits per heavy atom. The minimum Gasteiger partial charge on any atom is -0.493 e. The van der Waals surface area contributed by atoms with E-state index >= 15 is 0 Å². The first-order chi connectivity index (χ1) is 16.5. The molecule has 1 heterocycles. The Hall–Kier alpha value is -4.04. The van der Waals surface area contributed by atoms with Crippen LogP contribution in [0.4, 0.5) is 10.5 Å². The van der Waals surface area contributed by atoms with Gasteiger partial charge in [-0.2, -0.15) is 0 Å². The number of amides is 3. The molecule has 3 aromatic rings. The number of imide groups is 1. The summed E-state index contributed by atoms with van der Waals surface area (Å²) < 4.78 is 11.3. The summed E-state index contributed by atoms with van der Waals surface area (Å²) in [4.78, 5) is 38.6. The maximum atomic E-state index is 12.8. The van der Waals surface area contributed by atoms with E-state index in [0.29, 0.717) is 29.4 Å². The zero-order valence-corrected chi connectivity index (χ0v) is 19.2. The highest BCUT2D eigenvalue weighted by Crippen LogP contribution is 2.34. The Balaban J connectivity index is 1.43. The van der Waals surface area contributed by atoms with Crippen molar-refractivity contribution in [3.05, 3.63) is 94.9 Å². The molecule has 8 heteroatoms. The lowest BCUT2D eigenvalue weighted by molar-refractivity contribution is -0.127. The maximum absolute atomic E-state index is 12.8. The van der Waals surface area contributed by atoms with Crippen molar-refractivity contribution < 1.29 is 23.9 Å². The normalized spacial score (nSPS) is 14.4. The summed E-state index contributed by atoms with van der Waals surface area (Å²) in [7, 11) is 1.54. The number of carbonyl (C=O) groups excluding carboxylic acids is 3. The van der Waals surface area contributed by atoms with Crippen LogP contribution in [0.15, 0.2) is 83.8 Å². The van der Waals surface area contributed by atoms with Crippen molar-refractivity contribution in [3.8, 4) is 11.5 Å². The van der Waals surface area contributed by atoms with Crippen LogP contribution in [0.1, 0.15) is 11.1 Å². The number of nitrogens with zero attached hydrogens (tertiary/aromatic N) is 1. The number of hydrogen-bond acceptors (Lipinski definition) is 6. The molecule has 7 nitrogen and oxygen atoms in total. The van der Waals surface area contributed by atoms with E-state index in [2.05, 4.69) is 5.32 Å². The van der Waals surface area contributed by atoms with E-state index in [4.69, 9.17) is 9.47 Å². The zero-order chi connectivity index (χ0) is 23.9.